The molecule has 0 aromatic carbocycles. The molecule has 0 amide bonds. The molecule has 0 heterocycles. The molecule has 0 saturated heterocycles. The van der Waals surface area contributed by atoms with Crippen LogP contribution in [0.15, 0.2) is 12.3 Å². The Bertz CT molecular complexity index is 51.8. The van der Waals surface area contributed by atoms with Crippen LogP contribution in [0, 0.1) is 11.8 Å². The molecule has 6 heavy (non-hydrogen) atoms. The van der Waals surface area contributed by atoms with E-state index in [1.807, 2.05) is 0 Å². The van der Waals surface area contributed by atoms with Gasteiger partial charge in [0.2, 0.25) is 0 Å². The third-order valence-electron chi connectivity index (χ3n) is 0. The zero-order chi connectivity index (χ0) is 5.58. The van der Waals surface area contributed by atoms with Crippen molar-refractivity contribution in [1.82, 2.24) is 0 Å². The number of rotatable bonds is 0. The molecule has 0 radical (unpaired) electrons. The number of aliphatic hydroxyl groups excluding tert-OH is 1. The number of nitriles is 1. The largest absolute Gasteiger partial charge is 0.513 e. The third-order valence-corrected chi connectivity index (χ3v) is 0. The van der Waals surface area contributed by atoms with Gasteiger partial charge in [-0.15, -0.1) is 0 Å². The quantitative estimate of drug-likeness (QED) is 0.449. The maximum Gasteiger partial charge on any atom is 0.0820 e. The van der Waals surface area contributed by atoms with Gasteiger partial charge in [0, 0.05) is 6.57 Å². The third kappa shape index (κ3) is 13.3. The molecule has 0 aliphatic carbocycles. The van der Waals surface area contributed by atoms with E-state index in [1.54, 1.807) is 0 Å². The molecular formula is C4H7NO. The van der Waals surface area contributed by atoms with E-state index in [1.165, 1.54) is 6.92 Å². The van der Waals surface area contributed by atoms with Crippen LogP contribution in [-0.4, -0.2) is 5.11 Å². The topological polar surface area (TPSA) is 44.0 Å². The summed E-state index contributed by atoms with van der Waals surface area (Å²) in [6.07, 6.45) is 0. The fraction of sp³-hybridized carbons (Fsp3) is 0.250. The highest BCUT2D eigenvalue weighted by atomic mass is 16.3. The lowest BCUT2D eigenvalue weighted by molar-refractivity contribution is 0.417. The second-order valence-corrected chi connectivity index (χ2v) is 0.735. The fourth-order valence-corrected chi connectivity index (χ4v) is 0. The van der Waals surface area contributed by atoms with E-state index in [4.69, 9.17) is 10.4 Å². The van der Waals surface area contributed by atoms with Crippen LogP contribution < -0.4 is 0 Å². The predicted octanol–water partition coefficient (Wildman–Crippen LogP) is 1.22. The minimum absolute atomic E-state index is 0.167. The number of hydrogen-bond donors (Lipinski definition) is 1. The Kier molecular flexibility index (Phi) is 13.3. The number of allylic oxidation sites excluding steroid dienone is 1. The van der Waals surface area contributed by atoms with E-state index in [9.17, 15) is 0 Å². The Labute approximate surface area is 37.3 Å². The molecule has 0 unspecified atom stereocenters. The van der Waals surface area contributed by atoms with Gasteiger partial charge in [0.25, 0.3) is 0 Å². The van der Waals surface area contributed by atoms with Gasteiger partial charge in [-0.2, -0.15) is 0 Å². The Morgan fingerprint density at radius 1 is 1.83 bits per heavy atom. The molecule has 0 rings (SSSR count). The van der Waals surface area contributed by atoms with Gasteiger partial charge in [0.1, 0.15) is 0 Å². The first-order valence-electron chi connectivity index (χ1n) is 1.34. The SMILES string of the molecule is C#N.C=C(C)O. The van der Waals surface area contributed by atoms with Crippen LogP contribution in [0.3, 0.4) is 0 Å². The minimum Gasteiger partial charge on any atom is -0.513 e. The van der Waals surface area contributed by atoms with Crippen molar-refractivity contribution in [3.05, 3.63) is 12.3 Å². The van der Waals surface area contributed by atoms with Crippen molar-refractivity contribution in [1.29, 1.82) is 5.26 Å². The molecule has 2 heteroatoms. The van der Waals surface area contributed by atoms with Gasteiger partial charge in [-0.25, -0.2) is 5.26 Å². The van der Waals surface area contributed by atoms with Gasteiger partial charge in [-0.3, -0.25) is 0 Å². The van der Waals surface area contributed by atoms with Crippen LogP contribution in [0.25, 0.3) is 0 Å². The molecule has 0 fully saturated rings. The molecular weight excluding hydrogens is 78.0 g/mol. The van der Waals surface area contributed by atoms with Crippen molar-refractivity contribution in [3.8, 4) is 6.57 Å². The van der Waals surface area contributed by atoms with E-state index in [0.29, 0.717) is 0 Å². The van der Waals surface area contributed by atoms with E-state index in [2.05, 4.69) is 13.2 Å². The summed E-state index contributed by atoms with van der Waals surface area (Å²) in [4.78, 5) is 0. The summed E-state index contributed by atoms with van der Waals surface area (Å²) in [6.45, 7) is 8.14. The molecule has 34 valence electrons. The van der Waals surface area contributed by atoms with E-state index in [-0.39, 0.29) is 5.76 Å². The highest BCUT2D eigenvalue weighted by Crippen LogP contribution is 1.66. The average Bonchev–Trinajstić information content (AvgIpc) is 1.41. The summed E-state index contributed by atoms with van der Waals surface area (Å²) < 4.78 is 0. The van der Waals surface area contributed by atoms with Gasteiger partial charge >= 0.3 is 0 Å². The van der Waals surface area contributed by atoms with E-state index < -0.39 is 0 Å². The van der Waals surface area contributed by atoms with Crippen LogP contribution in [0.5, 0.6) is 0 Å². The lowest BCUT2D eigenvalue weighted by atomic mass is 10.7. The fourth-order valence-electron chi connectivity index (χ4n) is 0. The average molecular weight is 85.1 g/mol. The molecule has 0 aromatic rings. The predicted molar refractivity (Wildman–Crippen MR) is 24.1 cm³/mol. The minimum atomic E-state index is 0.167. The molecule has 0 bridgehead atoms. The Hall–Kier alpha value is -0.970. The number of hydrogen-bond acceptors (Lipinski definition) is 2. The second kappa shape index (κ2) is 8.98. The van der Waals surface area contributed by atoms with Gasteiger partial charge in [0.05, 0.1) is 5.76 Å². The summed E-state index contributed by atoms with van der Waals surface area (Å²) in [5.41, 5.74) is 0. The highest BCUT2D eigenvalue weighted by Gasteiger charge is 1.53. The second-order valence-electron chi connectivity index (χ2n) is 0.735. The lowest BCUT2D eigenvalue weighted by Gasteiger charge is -1.68. The van der Waals surface area contributed by atoms with Crippen LogP contribution in [0.2, 0.25) is 0 Å². The maximum atomic E-state index is 7.86. The highest BCUT2D eigenvalue weighted by molar-refractivity contribution is 4.67. The first-order chi connectivity index (χ1) is 2.73. The Morgan fingerprint density at radius 2 is 1.83 bits per heavy atom. The van der Waals surface area contributed by atoms with Crippen LogP contribution in [-0.2, 0) is 0 Å². The molecule has 0 atom stereocenters. The van der Waals surface area contributed by atoms with E-state index in [0.717, 1.165) is 0 Å². The van der Waals surface area contributed by atoms with E-state index >= 15 is 0 Å². The molecule has 2 nitrogen and oxygen atoms in total. The van der Waals surface area contributed by atoms with Crippen molar-refractivity contribution in [2.45, 2.75) is 6.92 Å². The van der Waals surface area contributed by atoms with Crippen LogP contribution >= 0.6 is 0 Å². The van der Waals surface area contributed by atoms with Gasteiger partial charge in [-0.1, -0.05) is 6.58 Å². The summed E-state index contributed by atoms with van der Waals surface area (Å²) in [5.74, 6) is 0.167. The van der Waals surface area contributed by atoms with Crippen LogP contribution in [0.4, 0.5) is 0 Å². The maximum absolute atomic E-state index is 7.86. The first-order valence-corrected chi connectivity index (χ1v) is 1.34. The zero-order valence-electron chi connectivity index (χ0n) is 3.68. The smallest absolute Gasteiger partial charge is 0.0820 e. The van der Waals surface area contributed by atoms with Crippen molar-refractivity contribution >= 4 is 0 Å². The molecule has 0 spiro atoms. The van der Waals surface area contributed by atoms with Crippen molar-refractivity contribution in [2.24, 2.45) is 0 Å². The summed E-state index contributed by atoms with van der Waals surface area (Å²) in [7, 11) is 0. The summed E-state index contributed by atoms with van der Waals surface area (Å²) in [6, 6.07) is 0. The first kappa shape index (κ1) is 8.90. The monoisotopic (exact) mass is 85.1 g/mol. The summed E-state index contributed by atoms with van der Waals surface area (Å²) in [5, 5.41) is 14.4. The van der Waals surface area contributed by atoms with Crippen molar-refractivity contribution in [2.75, 3.05) is 0 Å². The molecule has 0 aliphatic rings. The van der Waals surface area contributed by atoms with Gasteiger partial charge in [0.15, 0.2) is 0 Å². The van der Waals surface area contributed by atoms with Crippen molar-refractivity contribution in [3.63, 3.8) is 0 Å². The van der Waals surface area contributed by atoms with Crippen molar-refractivity contribution < 1.29 is 5.11 Å². The normalized spacial score (nSPS) is 4.50. The lowest BCUT2D eigenvalue weighted by Crippen LogP contribution is -1.54. The Morgan fingerprint density at radius 3 is 1.83 bits per heavy atom. The van der Waals surface area contributed by atoms with Gasteiger partial charge < -0.3 is 5.11 Å². The van der Waals surface area contributed by atoms with Gasteiger partial charge in [-0.05, 0) is 6.92 Å². The molecule has 0 aliphatic heterocycles. The Balaban J connectivity index is 0. The van der Waals surface area contributed by atoms with Crippen LogP contribution in [0.1, 0.15) is 6.92 Å². The number of aliphatic hydroxyl groups is 1. The standard InChI is InChI=1S/C3H6O.CHN/c1-3(2)4;1-2/h4H,1H2,2H3;1H. The molecule has 0 saturated carbocycles. The zero-order valence-corrected chi connectivity index (χ0v) is 3.68. The summed E-state index contributed by atoms with van der Waals surface area (Å²) >= 11 is 0. The number of nitrogens with zero attached hydrogens (tertiary/aromatic N) is 1. The molecule has 1 N–H and O–H groups in total. The molecule has 0 aromatic heterocycles.